The van der Waals surface area contributed by atoms with E-state index >= 15 is 0 Å². The van der Waals surface area contributed by atoms with Gasteiger partial charge in [-0.2, -0.15) is 0 Å². The summed E-state index contributed by atoms with van der Waals surface area (Å²) in [4.78, 5) is 11.1. The zero-order valence-electron chi connectivity index (χ0n) is 13.2. The smallest absolute Gasteiger partial charge is 0.303 e. The summed E-state index contributed by atoms with van der Waals surface area (Å²) in [7, 11) is 0. The SMILES string of the molecule is CCCCc1ccc(CCC2(CC(=O)O)CCCC2)cc1. The molecule has 0 aromatic heterocycles. The third-order valence-corrected chi connectivity index (χ3v) is 4.98. The fraction of sp³-hybridized carbons (Fsp3) is 0.632. The molecular weight excluding hydrogens is 260 g/mol. The van der Waals surface area contributed by atoms with Gasteiger partial charge in [-0.3, -0.25) is 4.79 Å². The third-order valence-electron chi connectivity index (χ3n) is 4.98. The van der Waals surface area contributed by atoms with E-state index in [4.69, 9.17) is 5.11 Å². The number of hydrogen-bond acceptors (Lipinski definition) is 1. The molecule has 2 nitrogen and oxygen atoms in total. The van der Waals surface area contributed by atoms with Crippen molar-refractivity contribution in [3.8, 4) is 0 Å². The Bertz CT molecular complexity index is 441. The van der Waals surface area contributed by atoms with Gasteiger partial charge in [0.2, 0.25) is 0 Å². The molecule has 116 valence electrons. The summed E-state index contributed by atoms with van der Waals surface area (Å²) in [6.07, 6.45) is 10.6. The van der Waals surface area contributed by atoms with Crippen LogP contribution in [0, 0.1) is 5.41 Å². The molecule has 1 N–H and O–H groups in total. The molecular formula is C19H28O2. The standard InChI is InChI=1S/C19H28O2/c1-2-3-6-16-7-9-17(10-8-16)11-14-19(15-18(20)21)12-4-5-13-19/h7-10H,2-6,11-15H2,1H3,(H,20,21). The van der Waals surface area contributed by atoms with Crippen molar-refractivity contribution in [1.29, 1.82) is 0 Å². The van der Waals surface area contributed by atoms with E-state index < -0.39 is 5.97 Å². The molecule has 0 atom stereocenters. The Labute approximate surface area is 128 Å². The van der Waals surface area contributed by atoms with Crippen LogP contribution in [0.2, 0.25) is 0 Å². The van der Waals surface area contributed by atoms with Gasteiger partial charge in [-0.15, -0.1) is 0 Å². The third kappa shape index (κ3) is 4.87. The molecule has 0 unspecified atom stereocenters. The highest BCUT2D eigenvalue weighted by molar-refractivity contribution is 5.67. The average molecular weight is 288 g/mol. The highest BCUT2D eigenvalue weighted by Gasteiger charge is 2.35. The van der Waals surface area contributed by atoms with E-state index in [1.54, 1.807) is 0 Å². The van der Waals surface area contributed by atoms with Crippen molar-refractivity contribution in [2.45, 2.75) is 71.1 Å². The topological polar surface area (TPSA) is 37.3 Å². The largest absolute Gasteiger partial charge is 0.481 e. The lowest BCUT2D eigenvalue weighted by molar-refractivity contribution is -0.139. The van der Waals surface area contributed by atoms with Crippen molar-refractivity contribution in [1.82, 2.24) is 0 Å². The van der Waals surface area contributed by atoms with Crippen LogP contribution < -0.4 is 0 Å². The molecule has 1 aromatic rings. The van der Waals surface area contributed by atoms with Crippen molar-refractivity contribution in [2.24, 2.45) is 5.41 Å². The van der Waals surface area contributed by atoms with E-state index in [1.165, 1.54) is 43.2 Å². The minimum Gasteiger partial charge on any atom is -0.481 e. The van der Waals surface area contributed by atoms with E-state index in [0.29, 0.717) is 6.42 Å². The molecule has 1 aliphatic rings. The first-order valence-corrected chi connectivity index (χ1v) is 8.43. The predicted octanol–water partition coefficient (Wildman–Crippen LogP) is 5.00. The Balaban J connectivity index is 1.90. The number of aryl methyl sites for hydroxylation is 2. The van der Waals surface area contributed by atoms with Gasteiger partial charge in [-0.25, -0.2) is 0 Å². The molecule has 0 aliphatic heterocycles. The van der Waals surface area contributed by atoms with Gasteiger partial charge in [0.05, 0.1) is 6.42 Å². The van der Waals surface area contributed by atoms with Crippen LogP contribution >= 0.6 is 0 Å². The van der Waals surface area contributed by atoms with E-state index in [-0.39, 0.29) is 5.41 Å². The second kappa shape index (κ2) is 7.63. The number of benzene rings is 1. The van der Waals surface area contributed by atoms with E-state index in [1.807, 2.05) is 0 Å². The van der Waals surface area contributed by atoms with Gasteiger partial charge in [-0.05, 0) is 55.1 Å². The van der Waals surface area contributed by atoms with Gasteiger partial charge in [-0.1, -0.05) is 50.5 Å². The molecule has 0 radical (unpaired) electrons. The van der Waals surface area contributed by atoms with Crippen LogP contribution in [0.1, 0.15) is 69.4 Å². The molecule has 1 aliphatic carbocycles. The van der Waals surface area contributed by atoms with E-state index in [2.05, 4.69) is 31.2 Å². The molecule has 0 spiro atoms. The lowest BCUT2D eigenvalue weighted by Crippen LogP contribution is -2.21. The molecule has 1 saturated carbocycles. The number of carboxylic acid groups (broad SMARTS) is 1. The first-order valence-electron chi connectivity index (χ1n) is 8.43. The van der Waals surface area contributed by atoms with Crippen LogP contribution in [0.5, 0.6) is 0 Å². The first-order chi connectivity index (χ1) is 10.1. The molecule has 1 aromatic carbocycles. The Morgan fingerprint density at radius 3 is 2.19 bits per heavy atom. The second-order valence-corrected chi connectivity index (χ2v) is 6.70. The van der Waals surface area contributed by atoms with Crippen LogP contribution in [0.25, 0.3) is 0 Å². The summed E-state index contributed by atoms with van der Waals surface area (Å²) in [5.74, 6) is -0.633. The van der Waals surface area contributed by atoms with Crippen LogP contribution in [-0.4, -0.2) is 11.1 Å². The Morgan fingerprint density at radius 1 is 1.10 bits per heavy atom. The Morgan fingerprint density at radius 2 is 1.67 bits per heavy atom. The van der Waals surface area contributed by atoms with Gasteiger partial charge < -0.3 is 5.11 Å². The normalized spacial score (nSPS) is 17.0. The highest BCUT2D eigenvalue weighted by Crippen LogP contribution is 2.44. The zero-order chi connectivity index (χ0) is 15.1. The first kappa shape index (κ1) is 16.1. The fourth-order valence-electron chi connectivity index (χ4n) is 3.62. The zero-order valence-corrected chi connectivity index (χ0v) is 13.2. The fourth-order valence-corrected chi connectivity index (χ4v) is 3.62. The number of rotatable bonds is 8. The van der Waals surface area contributed by atoms with Gasteiger partial charge >= 0.3 is 5.97 Å². The van der Waals surface area contributed by atoms with E-state index in [9.17, 15) is 4.79 Å². The summed E-state index contributed by atoms with van der Waals surface area (Å²) in [5, 5.41) is 9.16. The lowest BCUT2D eigenvalue weighted by Gasteiger charge is -2.27. The van der Waals surface area contributed by atoms with Gasteiger partial charge in [0.15, 0.2) is 0 Å². The van der Waals surface area contributed by atoms with Gasteiger partial charge in [0.25, 0.3) is 0 Å². The molecule has 2 rings (SSSR count). The summed E-state index contributed by atoms with van der Waals surface area (Å²) in [6, 6.07) is 8.94. The monoisotopic (exact) mass is 288 g/mol. The van der Waals surface area contributed by atoms with Crippen LogP contribution in [-0.2, 0) is 17.6 Å². The summed E-state index contributed by atoms with van der Waals surface area (Å²) in [5.41, 5.74) is 2.83. The molecule has 1 fully saturated rings. The summed E-state index contributed by atoms with van der Waals surface area (Å²) < 4.78 is 0. The van der Waals surface area contributed by atoms with Crippen LogP contribution in [0.4, 0.5) is 0 Å². The van der Waals surface area contributed by atoms with Crippen molar-refractivity contribution in [2.75, 3.05) is 0 Å². The molecule has 0 amide bonds. The van der Waals surface area contributed by atoms with Crippen molar-refractivity contribution in [3.05, 3.63) is 35.4 Å². The predicted molar refractivity (Wildman–Crippen MR) is 86.5 cm³/mol. The van der Waals surface area contributed by atoms with Gasteiger partial charge in [0.1, 0.15) is 0 Å². The maximum atomic E-state index is 11.1. The maximum absolute atomic E-state index is 11.1. The number of hydrogen-bond donors (Lipinski definition) is 1. The van der Waals surface area contributed by atoms with Crippen molar-refractivity contribution < 1.29 is 9.90 Å². The Kier molecular flexibility index (Phi) is 5.84. The summed E-state index contributed by atoms with van der Waals surface area (Å²) >= 11 is 0. The number of aliphatic carboxylic acids is 1. The van der Waals surface area contributed by atoms with E-state index in [0.717, 1.165) is 25.7 Å². The summed E-state index contributed by atoms with van der Waals surface area (Å²) in [6.45, 7) is 2.22. The average Bonchev–Trinajstić information content (AvgIpc) is 2.92. The van der Waals surface area contributed by atoms with Gasteiger partial charge in [0, 0.05) is 0 Å². The minimum atomic E-state index is -0.633. The number of carbonyl (C=O) groups is 1. The minimum absolute atomic E-state index is 0.0622. The molecule has 0 heterocycles. The van der Waals surface area contributed by atoms with Crippen LogP contribution in [0.3, 0.4) is 0 Å². The number of carboxylic acids is 1. The number of unbranched alkanes of at least 4 members (excludes halogenated alkanes) is 1. The maximum Gasteiger partial charge on any atom is 0.303 e. The molecule has 0 bridgehead atoms. The quantitative estimate of drug-likeness (QED) is 0.731. The Hall–Kier alpha value is -1.31. The highest BCUT2D eigenvalue weighted by atomic mass is 16.4. The second-order valence-electron chi connectivity index (χ2n) is 6.70. The molecule has 21 heavy (non-hydrogen) atoms. The van der Waals surface area contributed by atoms with Crippen molar-refractivity contribution in [3.63, 3.8) is 0 Å². The lowest BCUT2D eigenvalue weighted by atomic mass is 9.77. The molecule has 0 saturated heterocycles. The van der Waals surface area contributed by atoms with Crippen molar-refractivity contribution >= 4 is 5.97 Å². The van der Waals surface area contributed by atoms with Crippen LogP contribution in [0.15, 0.2) is 24.3 Å². The molecule has 2 heteroatoms.